The van der Waals surface area contributed by atoms with Crippen molar-refractivity contribution in [2.24, 2.45) is 52.3 Å². The van der Waals surface area contributed by atoms with E-state index in [1.165, 1.54) is 77.0 Å². The van der Waals surface area contributed by atoms with Crippen molar-refractivity contribution in [1.82, 2.24) is 5.32 Å². The lowest BCUT2D eigenvalue weighted by Gasteiger charge is -2.61. The molecule has 4 nitrogen and oxygen atoms in total. The van der Waals surface area contributed by atoms with Crippen LogP contribution >= 0.6 is 0 Å². The van der Waals surface area contributed by atoms with Crippen LogP contribution in [-0.2, 0) is 14.3 Å². The molecular formula is C42H81NO3. The summed E-state index contributed by atoms with van der Waals surface area (Å²) in [5.41, 5.74) is 1.19. The lowest BCUT2D eigenvalue weighted by atomic mass is 9.44. The van der Waals surface area contributed by atoms with Crippen LogP contribution in [0, 0.1) is 52.3 Å². The highest BCUT2D eigenvalue weighted by molar-refractivity contribution is 5.75. The van der Waals surface area contributed by atoms with E-state index in [9.17, 15) is 9.59 Å². The van der Waals surface area contributed by atoms with E-state index < -0.39 is 0 Å². The molecule has 4 saturated carbocycles. The molecule has 0 aliphatic heterocycles. The average molecular weight is 648 g/mol. The van der Waals surface area contributed by atoms with Crippen LogP contribution in [0.3, 0.4) is 0 Å². The highest BCUT2D eigenvalue weighted by Gasteiger charge is 2.60. The molecule has 0 aromatic carbocycles. The summed E-state index contributed by atoms with van der Waals surface area (Å²) in [7, 11) is 3.25. The van der Waals surface area contributed by atoms with Crippen LogP contribution in [0.1, 0.15) is 171 Å². The number of fused-ring (bicyclic) bond motifs is 5. The fourth-order valence-electron chi connectivity index (χ4n) is 10.2. The van der Waals surface area contributed by atoms with Gasteiger partial charge in [0.2, 0.25) is 5.91 Å². The van der Waals surface area contributed by atoms with E-state index in [0.717, 1.165) is 80.9 Å². The maximum atomic E-state index is 12.2. The fraction of sp³-hybridized carbons (Fsp3) is 0.905. The molecule has 0 aromatic heterocycles. The first kappa shape index (κ1) is 44.8. The zero-order valence-electron chi connectivity index (χ0n) is 32.7. The van der Waals surface area contributed by atoms with Gasteiger partial charge in [0.05, 0.1) is 0 Å². The van der Waals surface area contributed by atoms with Gasteiger partial charge in [-0.2, -0.15) is 0 Å². The van der Waals surface area contributed by atoms with E-state index in [0.29, 0.717) is 22.7 Å². The van der Waals surface area contributed by atoms with Gasteiger partial charge in [-0.3, -0.25) is 4.79 Å². The minimum absolute atomic E-state index is 0.280. The molecule has 0 radical (unpaired) electrons. The summed E-state index contributed by atoms with van der Waals surface area (Å²) >= 11 is 0. The summed E-state index contributed by atoms with van der Waals surface area (Å²) in [4.78, 5) is 22.5. The minimum atomic E-state index is 0.280. The number of carbonyl (C=O) groups excluding carboxylic acids is 2. The number of unbranched alkanes of at least 4 members (excludes halogenated alkanes) is 2. The van der Waals surface area contributed by atoms with Crippen LogP contribution in [0.2, 0.25) is 0 Å². The van der Waals surface area contributed by atoms with Crippen LogP contribution in [0.15, 0.2) is 13.2 Å². The molecular weight excluding hydrogens is 566 g/mol. The number of nitrogens with one attached hydrogen (secondary N) is 1. The number of hydrogen-bond acceptors (Lipinski definition) is 3. The second-order valence-corrected chi connectivity index (χ2v) is 15.2. The van der Waals surface area contributed by atoms with Gasteiger partial charge in [-0.1, -0.05) is 87.5 Å². The molecule has 1 amide bonds. The molecule has 4 heteroatoms. The van der Waals surface area contributed by atoms with E-state index in [1.54, 1.807) is 14.2 Å². The van der Waals surface area contributed by atoms with Crippen molar-refractivity contribution < 1.29 is 14.3 Å². The fourth-order valence-corrected chi connectivity index (χ4v) is 10.2. The van der Waals surface area contributed by atoms with Crippen LogP contribution in [-0.4, -0.2) is 33.0 Å². The number of ether oxygens (including phenoxy) is 1. The van der Waals surface area contributed by atoms with Crippen molar-refractivity contribution in [3.8, 4) is 0 Å². The first-order chi connectivity index (χ1) is 22.2. The van der Waals surface area contributed by atoms with Gasteiger partial charge in [-0.15, -0.1) is 13.2 Å². The van der Waals surface area contributed by atoms with E-state index in [4.69, 9.17) is 0 Å². The van der Waals surface area contributed by atoms with E-state index in [1.807, 2.05) is 13.8 Å². The number of hydrogen-bond donors (Lipinski definition) is 1. The van der Waals surface area contributed by atoms with Crippen LogP contribution in [0.4, 0.5) is 0 Å². The van der Waals surface area contributed by atoms with Gasteiger partial charge in [0.1, 0.15) is 6.29 Å². The Labute approximate surface area is 288 Å². The zero-order chi connectivity index (χ0) is 35.2. The first-order valence-electron chi connectivity index (χ1n) is 19.8. The highest BCUT2D eigenvalue weighted by Crippen LogP contribution is 2.68. The molecule has 1 N–H and O–H groups in total. The molecule has 4 rings (SSSR count). The molecule has 4 fully saturated rings. The molecule has 6 unspecified atom stereocenters. The standard InChI is InChI=1S/C28H49NO.C8H16O.C2H6O.C2H6.C2H4/c1-5-6-19-29-26(30)15-10-20(2)23-13-14-24-22-12-11-21-9-7-8-17-27(21,3)25(22)16-18-28(23,24)4;1-3-5-6-8(4-2)7-9;1-3-2;2*1-2/h20-25H,5-19H2,1-4H3,(H,29,30);7-8H,3-6H2,1-2H3;1-2H3;1-2H3;1-2H2/t20-,21?,22?,23?,24+,25+,27?,28?;;;;/m1..../s1. The van der Waals surface area contributed by atoms with Crippen molar-refractivity contribution >= 4 is 12.2 Å². The van der Waals surface area contributed by atoms with Gasteiger partial charge in [0.25, 0.3) is 0 Å². The topological polar surface area (TPSA) is 55.4 Å². The van der Waals surface area contributed by atoms with Gasteiger partial charge < -0.3 is 14.8 Å². The van der Waals surface area contributed by atoms with Crippen molar-refractivity contribution in [1.29, 1.82) is 0 Å². The summed E-state index contributed by atoms with van der Waals surface area (Å²) < 4.78 is 4.25. The van der Waals surface area contributed by atoms with Gasteiger partial charge in [-0.25, -0.2) is 0 Å². The third-order valence-electron chi connectivity index (χ3n) is 12.7. The van der Waals surface area contributed by atoms with E-state index in [-0.39, 0.29) is 5.91 Å². The summed E-state index contributed by atoms with van der Waals surface area (Å²) in [5.74, 6) is 6.12. The Morgan fingerprint density at radius 2 is 1.50 bits per heavy atom. The summed E-state index contributed by atoms with van der Waals surface area (Å²) in [6.07, 6.45) is 24.5. The number of rotatable bonds is 12. The smallest absolute Gasteiger partial charge is 0.220 e. The third-order valence-corrected chi connectivity index (χ3v) is 12.7. The van der Waals surface area contributed by atoms with E-state index >= 15 is 0 Å². The van der Waals surface area contributed by atoms with Crippen LogP contribution in [0.25, 0.3) is 0 Å². The zero-order valence-corrected chi connectivity index (χ0v) is 32.7. The van der Waals surface area contributed by atoms with Gasteiger partial charge in [0.15, 0.2) is 0 Å². The lowest BCUT2D eigenvalue weighted by Crippen LogP contribution is -2.53. The average Bonchev–Trinajstić information content (AvgIpc) is 3.44. The number of amides is 1. The summed E-state index contributed by atoms with van der Waals surface area (Å²) in [6, 6.07) is 0. The minimum Gasteiger partial charge on any atom is -0.388 e. The second-order valence-electron chi connectivity index (χ2n) is 15.2. The molecule has 4 aliphatic carbocycles. The maximum Gasteiger partial charge on any atom is 0.220 e. The first-order valence-corrected chi connectivity index (χ1v) is 19.8. The molecule has 0 bridgehead atoms. The Morgan fingerprint density at radius 3 is 2.09 bits per heavy atom. The Bertz CT molecular complexity index is 785. The summed E-state index contributed by atoms with van der Waals surface area (Å²) in [6.45, 7) is 25.1. The number of methoxy groups -OCH3 is 1. The van der Waals surface area contributed by atoms with Crippen molar-refractivity contribution in [2.45, 2.75) is 171 Å². The maximum absolute atomic E-state index is 12.2. The van der Waals surface area contributed by atoms with Gasteiger partial charge in [-0.05, 0) is 123 Å². The van der Waals surface area contributed by atoms with Crippen LogP contribution in [0.5, 0.6) is 0 Å². The third kappa shape index (κ3) is 12.7. The molecule has 4 aliphatic rings. The monoisotopic (exact) mass is 648 g/mol. The normalized spacial score (nSPS) is 31.8. The molecule has 0 aromatic rings. The predicted molar refractivity (Wildman–Crippen MR) is 201 cm³/mol. The predicted octanol–water partition coefficient (Wildman–Crippen LogP) is 11.9. The number of carbonyl (C=O) groups is 2. The van der Waals surface area contributed by atoms with Gasteiger partial charge >= 0.3 is 0 Å². The Hall–Kier alpha value is -1.16. The largest absolute Gasteiger partial charge is 0.388 e. The Balaban J connectivity index is 0.00000107. The molecule has 272 valence electrons. The molecule has 0 heterocycles. The molecule has 9 atom stereocenters. The Kier molecular flexibility index (Phi) is 24.3. The van der Waals surface area contributed by atoms with Crippen molar-refractivity contribution in [3.05, 3.63) is 13.2 Å². The van der Waals surface area contributed by atoms with Crippen LogP contribution < -0.4 is 5.32 Å². The molecule has 0 saturated heterocycles. The highest BCUT2D eigenvalue weighted by atomic mass is 16.4. The quantitative estimate of drug-likeness (QED) is 0.130. The lowest BCUT2D eigenvalue weighted by molar-refractivity contribution is -0.122. The molecule has 0 spiro atoms. The van der Waals surface area contributed by atoms with Gasteiger partial charge in [0, 0.05) is 33.1 Å². The second kappa shape index (κ2) is 24.9. The summed E-state index contributed by atoms with van der Waals surface area (Å²) in [5, 5.41) is 3.12. The van der Waals surface area contributed by atoms with E-state index in [2.05, 4.69) is 64.8 Å². The van der Waals surface area contributed by atoms with Crippen molar-refractivity contribution in [3.63, 3.8) is 0 Å². The number of aldehydes is 1. The van der Waals surface area contributed by atoms with Crippen molar-refractivity contribution in [2.75, 3.05) is 20.8 Å². The SMILES string of the molecule is C=C.CC.CCCCC(C=O)CC.CCCCNC(=O)CC[C@@H](C)C1CC[C@H]2C3CCC4CCCCC4(C)[C@H]3CCC12C.COC. The molecule has 46 heavy (non-hydrogen) atoms. The Morgan fingerprint density at radius 1 is 0.870 bits per heavy atom.